The van der Waals surface area contributed by atoms with E-state index in [0.717, 1.165) is 11.8 Å². The molecule has 1 unspecified atom stereocenters. The number of hydrogen-bond acceptors (Lipinski definition) is 6. The van der Waals surface area contributed by atoms with Crippen LogP contribution in [0.3, 0.4) is 0 Å². The Morgan fingerprint density at radius 1 is 1.39 bits per heavy atom. The first-order chi connectivity index (χ1) is 8.45. The second kappa shape index (κ2) is 4.88. The standard InChI is InChI=1S/C10H14N2O5S/c1-4-2-12(10(17)11-8(4)16)9-7(15)6(14)5(3-13)18-9/h2,5-7,9,13-15H,3H2,1H3,(H,11,16,17)/t5-,6-,7+,9?/m1/s1. The van der Waals surface area contributed by atoms with Crippen molar-refractivity contribution in [3.05, 3.63) is 32.6 Å². The van der Waals surface area contributed by atoms with Crippen molar-refractivity contribution in [2.24, 2.45) is 0 Å². The van der Waals surface area contributed by atoms with E-state index in [0.29, 0.717) is 5.56 Å². The lowest BCUT2D eigenvalue weighted by molar-refractivity contribution is 0.0101. The molecule has 0 aliphatic carbocycles. The summed E-state index contributed by atoms with van der Waals surface area (Å²) in [5, 5.41) is 27.3. The molecular weight excluding hydrogens is 260 g/mol. The second-order valence-corrected chi connectivity index (χ2v) is 5.57. The number of nitrogens with zero attached hydrogens (tertiary/aromatic N) is 1. The molecule has 1 aromatic rings. The lowest BCUT2D eigenvalue weighted by Crippen LogP contribution is -2.38. The third-order valence-electron chi connectivity index (χ3n) is 2.94. The molecule has 4 atom stereocenters. The van der Waals surface area contributed by atoms with Crippen molar-refractivity contribution in [1.29, 1.82) is 0 Å². The fourth-order valence-electron chi connectivity index (χ4n) is 1.88. The van der Waals surface area contributed by atoms with Crippen molar-refractivity contribution in [2.45, 2.75) is 29.8 Å². The average Bonchev–Trinajstić information content (AvgIpc) is 2.61. The van der Waals surface area contributed by atoms with Gasteiger partial charge in [-0.2, -0.15) is 0 Å². The van der Waals surface area contributed by atoms with Crippen LogP contribution in [0.25, 0.3) is 0 Å². The molecular formula is C10H14N2O5S. The lowest BCUT2D eigenvalue weighted by atomic mass is 10.1. The highest BCUT2D eigenvalue weighted by Gasteiger charge is 2.43. The van der Waals surface area contributed by atoms with Crippen LogP contribution in [-0.4, -0.2) is 48.9 Å². The van der Waals surface area contributed by atoms with E-state index < -0.39 is 34.1 Å². The number of aromatic nitrogens is 2. The zero-order valence-corrected chi connectivity index (χ0v) is 10.4. The van der Waals surface area contributed by atoms with Crippen molar-refractivity contribution in [3.8, 4) is 0 Å². The topological polar surface area (TPSA) is 116 Å². The maximum atomic E-state index is 11.7. The van der Waals surface area contributed by atoms with Crippen LogP contribution in [0.15, 0.2) is 15.8 Å². The fourth-order valence-corrected chi connectivity index (χ4v) is 3.26. The van der Waals surface area contributed by atoms with E-state index in [2.05, 4.69) is 4.98 Å². The zero-order chi connectivity index (χ0) is 13.4. The third-order valence-corrected chi connectivity index (χ3v) is 4.50. The van der Waals surface area contributed by atoms with Gasteiger partial charge >= 0.3 is 5.69 Å². The summed E-state index contributed by atoms with van der Waals surface area (Å²) < 4.78 is 1.17. The molecule has 0 bridgehead atoms. The van der Waals surface area contributed by atoms with E-state index >= 15 is 0 Å². The number of aliphatic hydroxyl groups excluding tert-OH is 3. The Labute approximate surface area is 106 Å². The van der Waals surface area contributed by atoms with E-state index in [1.807, 2.05) is 0 Å². The minimum Gasteiger partial charge on any atom is -0.395 e. The molecule has 7 nitrogen and oxygen atoms in total. The molecule has 1 saturated heterocycles. The molecule has 0 radical (unpaired) electrons. The number of thioether (sulfide) groups is 1. The first kappa shape index (κ1) is 13.3. The Kier molecular flexibility index (Phi) is 3.62. The summed E-state index contributed by atoms with van der Waals surface area (Å²) in [7, 11) is 0. The molecule has 0 aromatic carbocycles. The molecule has 4 N–H and O–H groups in total. The molecule has 0 amide bonds. The summed E-state index contributed by atoms with van der Waals surface area (Å²) in [5.41, 5.74) is -0.787. The molecule has 1 aromatic heterocycles. The predicted molar refractivity (Wildman–Crippen MR) is 65.6 cm³/mol. The summed E-state index contributed by atoms with van der Waals surface area (Å²) in [6.07, 6.45) is -0.937. The number of H-pyrrole nitrogens is 1. The van der Waals surface area contributed by atoms with Gasteiger partial charge in [-0.25, -0.2) is 4.79 Å². The largest absolute Gasteiger partial charge is 0.395 e. The van der Waals surface area contributed by atoms with Gasteiger partial charge in [-0.05, 0) is 6.92 Å². The van der Waals surface area contributed by atoms with E-state index in [4.69, 9.17) is 5.11 Å². The minimum atomic E-state index is -1.17. The maximum absolute atomic E-state index is 11.7. The van der Waals surface area contributed by atoms with Gasteiger partial charge in [0.2, 0.25) is 0 Å². The van der Waals surface area contributed by atoms with Gasteiger partial charge in [0.25, 0.3) is 5.56 Å². The van der Waals surface area contributed by atoms with Crippen LogP contribution in [0.1, 0.15) is 10.9 Å². The van der Waals surface area contributed by atoms with Crippen molar-refractivity contribution in [3.63, 3.8) is 0 Å². The molecule has 2 rings (SSSR count). The average molecular weight is 274 g/mol. The van der Waals surface area contributed by atoms with Gasteiger partial charge in [0.15, 0.2) is 0 Å². The molecule has 1 aliphatic rings. The number of aryl methyl sites for hydroxylation is 1. The van der Waals surface area contributed by atoms with Gasteiger partial charge in [0.1, 0.15) is 11.5 Å². The van der Waals surface area contributed by atoms with Crippen LogP contribution in [0.4, 0.5) is 0 Å². The monoisotopic (exact) mass is 274 g/mol. The summed E-state index contributed by atoms with van der Waals surface area (Å²) in [5.74, 6) is 0. The van der Waals surface area contributed by atoms with Crippen molar-refractivity contribution >= 4 is 11.8 Å². The van der Waals surface area contributed by atoms with E-state index in [-0.39, 0.29) is 6.61 Å². The summed E-state index contributed by atoms with van der Waals surface area (Å²) in [6.45, 7) is 1.25. The summed E-state index contributed by atoms with van der Waals surface area (Å²) in [6, 6.07) is 0. The number of nitrogens with one attached hydrogen (secondary N) is 1. The predicted octanol–water partition coefficient (Wildman–Crippen LogP) is -1.83. The van der Waals surface area contributed by atoms with Gasteiger partial charge in [-0.1, -0.05) is 0 Å². The Morgan fingerprint density at radius 2 is 2.06 bits per heavy atom. The Balaban J connectivity index is 2.42. The zero-order valence-electron chi connectivity index (χ0n) is 9.61. The molecule has 0 spiro atoms. The molecule has 1 fully saturated rings. The van der Waals surface area contributed by atoms with E-state index in [1.165, 1.54) is 10.8 Å². The van der Waals surface area contributed by atoms with Crippen molar-refractivity contribution in [1.82, 2.24) is 9.55 Å². The van der Waals surface area contributed by atoms with Crippen LogP contribution in [-0.2, 0) is 0 Å². The first-order valence-electron chi connectivity index (χ1n) is 5.40. The summed E-state index contributed by atoms with van der Waals surface area (Å²) in [4.78, 5) is 25.0. The van der Waals surface area contributed by atoms with Crippen LogP contribution < -0.4 is 11.2 Å². The van der Waals surface area contributed by atoms with Gasteiger partial charge < -0.3 is 15.3 Å². The van der Waals surface area contributed by atoms with E-state index in [9.17, 15) is 19.8 Å². The highest BCUT2D eigenvalue weighted by atomic mass is 32.2. The fraction of sp³-hybridized carbons (Fsp3) is 0.600. The van der Waals surface area contributed by atoms with E-state index in [1.54, 1.807) is 6.92 Å². The lowest BCUT2D eigenvalue weighted by Gasteiger charge is -2.17. The first-order valence-corrected chi connectivity index (χ1v) is 6.34. The van der Waals surface area contributed by atoms with Crippen LogP contribution >= 0.6 is 11.8 Å². The molecule has 18 heavy (non-hydrogen) atoms. The van der Waals surface area contributed by atoms with Crippen LogP contribution in [0.2, 0.25) is 0 Å². The van der Waals surface area contributed by atoms with Gasteiger partial charge in [0.05, 0.1) is 18.0 Å². The number of rotatable bonds is 2. The Bertz CT molecular complexity index is 554. The number of aliphatic hydroxyl groups is 3. The van der Waals surface area contributed by atoms with Gasteiger partial charge in [0, 0.05) is 11.8 Å². The van der Waals surface area contributed by atoms with Crippen molar-refractivity contribution in [2.75, 3.05) is 6.61 Å². The normalized spacial score (nSPS) is 31.8. The SMILES string of the molecule is Cc1cn(C2S[C@H](CO)[C@@H](O)[C@@H]2O)c(=O)[nH]c1=O. The molecule has 100 valence electrons. The van der Waals surface area contributed by atoms with Gasteiger partial charge in [-0.15, -0.1) is 11.8 Å². The maximum Gasteiger partial charge on any atom is 0.329 e. The smallest absolute Gasteiger partial charge is 0.329 e. The van der Waals surface area contributed by atoms with Gasteiger partial charge in [-0.3, -0.25) is 14.3 Å². The number of aromatic amines is 1. The number of hydrogen-bond donors (Lipinski definition) is 4. The van der Waals surface area contributed by atoms with Crippen LogP contribution in [0, 0.1) is 6.92 Å². The molecule has 2 heterocycles. The quantitative estimate of drug-likeness (QED) is 0.504. The molecule has 8 heteroatoms. The minimum absolute atomic E-state index is 0.295. The molecule has 1 aliphatic heterocycles. The molecule has 0 saturated carbocycles. The highest BCUT2D eigenvalue weighted by molar-refractivity contribution is 8.00. The second-order valence-electron chi connectivity index (χ2n) is 4.21. The highest BCUT2D eigenvalue weighted by Crippen LogP contribution is 2.40. The third kappa shape index (κ3) is 2.12. The Hall–Kier alpha value is -1.09. The van der Waals surface area contributed by atoms with Crippen molar-refractivity contribution < 1.29 is 15.3 Å². The van der Waals surface area contributed by atoms with Crippen LogP contribution in [0.5, 0.6) is 0 Å². The summed E-state index contributed by atoms with van der Waals surface area (Å²) >= 11 is 1.10. The Morgan fingerprint density at radius 3 is 2.61 bits per heavy atom.